The Bertz CT molecular complexity index is 896. The third-order valence-electron chi connectivity index (χ3n) is 8.54. The van der Waals surface area contributed by atoms with Gasteiger partial charge in [0.15, 0.2) is 0 Å². The zero-order valence-corrected chi connectivity index (χ0v) is 21.6. The normalized spacial score (nSPS) is 27.4. The average molecular weight is 516 g/mol. The maximum atomic E-state index is 13.3. The van der Waals surface area contributed by atoms with Crippen molar-refractivity contribution < 1.29 is 28.9 Å². The first kappa shape index (κ1) is 26.4. The summed E-state index contributed by atoms with van der Waals surface area (Å²) >= 11 is 0. The second-order valence-electron chi connectivity index (χ2n) is 11.1. The van der Waals surface area contributed by atoms with Crippen molar-refractivity contribution in [2.45, 2.75) is 93.7 Å². The monoisotopic (exact) mass is 515 g/mol. The maximum Gasteiger partial charge on any atom is 0.407 e. The molecule has 1 spiro atoms. The van der Waals surface area contributed by atoms with E-state index in [1.54, 1.807) is 0 Å². The van der Waals surface area contributed by atoms with Crippen LogP contribution in [0.25, 0.3) is 0 Å². The van der Waals surface area contributed by atoms with Gasteiger partial charge in [-0.1, -0.05) is 43.2 Å². The molecule has 1 aromatic carbocycles. The van der Waals surface area contributed by atoms with E-state index in [2.05, 4.69) is 15.5 Å². The average Bonchev–Trinajstić information content (AvgIpc) is 3.66. The van der Waals surface area contributed by atoms with E-state index >= 15 is 0 Å². The topological polar surface area (TPSA) is 109 Å². The summed E-state index contributed by atoms with van der Waals surface area (Å²) in [4.78, 5) is 28.3. The molecule has 2 amide bonds. The Balaban J connectivity index is 1.31. The van der Waals surface area contributed by atoms with Crippen LogP contribution in [-0.2, 0) is 25.4 Å². The molecule has 9 nitrogen and oxygen atoms in total. The number of ether oxygens (including phenoxy) is 3. The van der Waals surface area contributed by atoms with Crippen molar-refractivity contribution in [1.29, 1.82) is 0 Å². The van der Waals surface area contributed by atoms with Crippen LogP contribution in [0.3, 0.4) is 0 Å². The number of amides is 2. The fraction of sp³-hybridized carbons (Fsp3) is 0.714. The number of carbonyl (C=O) groups is 2. The number of hydrogen-bond donors (Lipinski definition) is 3. The molecule has 3 aliphatic heterocycles. The lowest BCUT2D eigenvalue weighted by atomic mass is 9.87. The summed E-state index contributed by atoms with van der Waals surface area (Å²) in [7, 11) is 0. The van der Waals surface area contributed by atoms with Gasteiger partial charge in [0, 0.05) is 37.8 Å². The summed E-state index contributed by atoms with van der Waals surface area (Å²) in [5.41, 5.74) is 0.805. The molecule has 4 atom stereocenters. The smallest absolute Gasteiger partial charge is 0.407 e. The zero-order chi connectivity index (χ0) is 25.7. The van der Waals surface area contributed by atoms with E-state index in [0.717, 1.165) is 50.5 Å². The van der Waals surface area contributed by atoms with Crippen molar-refractivity contribution in [3.8, 4) is 0 Å². The second-order valence-corrected chi connectivity index (χ2v) is 11.1. The van der Waals surface area contributed by atoms with Gasteiger partial charge in [-0.05, 0) is 44.1 Å². The number of alkyl carbamates (subject to hydrolysis) is 1. The molecule has 3 heterocycles. The number of aliphatic hydroxyl groups excluding tert-OH is 1. The fourth-order valence-electron chi connectivity index (χ4n) is 6.42. The molecule has 9 heteroatoms. The molecule has 4 aliphatic rings. The molecule has 1 aliphatic carbocycles. The van der Waals surface area contributed by atoms with Crippen molar-refractivity contribution in [1.82, 2.24) is 15.5 Å². The third kappa shape index (κ3) is 6.63. The van der Waals surface area contributed by atoms with E-state index in [1.165, 1.54) is 0 Å². The number of rotatable bonds is 9. The molecule has 1 saturated carbocycles. The molecule has 3 saturated heterocycles. The van der Waals surface area contributed by atoms with Crippen molar-refractivity contribution in [3.63, 3.8) is 0 Å². The summed E-state index contributed by atoms with van der Waals surface area (Å²) < 4.78 is 16.4. The van der Waals surface area contributed by atoms with Gasteiger partial charge in [0.25, 0.3) is 0 Å². The first-order chi connectivity index (χ1) is 18.0. The number of aliphatic hydroxyl groups is 1. The van der Waals surface area contributed by atoms with E-state index in [-0.39, 0.29) is 29.6 Å². The van der Waals surface area contributed by atoms with Crippen LogP contribution in [0.5, 0.6) is 0 Å². The summed E-state index contributed by atoms with van der Waals surface area (Å²) in [5.74, 6) is 0.0502. The third-order valence-corrected chi connectivity index (χ3v) is 8.54. The lowest BCUT2D eigenvalue weighted by molar-refractivity contribution is -0.125. The molecule has 0 unspecified atom stereocenters. The Hall–Kier alpha value is -2.20. The molecule has 5 rings (SSSR count). The molecule has 4 fully saturated rings. The van der Waals surface area contributed by atoms with Gasteiger partial charge in [0.05, 0.1) is 31.4 Å². The van der Waals surface area contributed by atoms with Crippen LogP contribution >= 0.6 is 0 Å². The molecular formula is C28H41N3O6. The first-order valence-corrected chi connectivity index (χ1v) is 13.9. The minimum absolute atomic E-state index is 0.0502. The SMILES string of the molecule is O=C(N[C@@H](Cc1ccccc1)[C@H](O)CN(C1CCCC1)[C@H]1CC2(CCOCC2)NC1=O)O[C@H]1CCOC1. The van der Waals surface area contributed by atoms with Crippen LogP contribution in [-0.4, -0.2) is 90.9 Å². The van der Waals surface area contributed by atoms with E-state index in [0.29, 0.717) is 45.8 Å². The van der Waals surface area contributed by atoms with Gasteiger partial charge < -0.3 is 30.0 Å². The fourth-order valence-corrected chi connectivity index (χ4v) is 6.42. The highest BCUT2D eigenvalue weighted by atomic mass is 16.6. The van der Waals surface area contributed by atoms with E-state index in [1.807, 2.05) is 30.3 Å². The van der Waals surface area contributed by atoms with Gasteiger partial charge >= 0.3 is 6.09 Å². The maximum absolute atomic E-state index is 13.3. The Morgan fingerprint density at radius 1 is 1.14 bits per heavy atom. The number of carbonyl (C=O) groups excluding carboxylic acids is 2. The molecule has 3 N–H and O–H groups in total. The van der Waals surface area contributed by atoms with Crippen LogP contribution in [0.1, 0.15) is 56.9 Å². The number of nitrogens with zero attached hydrogens (tertiary/aromatic N) is 1. The zero-order valence-electron chi connectivity index (χ0n) is 21.6. The predicted molar refractivity (Wildman–Crippen MR) is 137 cm³/mol. The molecule has 37 heavy (non-hydrogen) atoms. The van der Waals surface area contributed by atoms with E-state index in [4.69, 9.17) is 14.2 Å². The van der Waals surface area contributed by atoms with Gasteiger partial charge in [0.2, 0.25) is 5.91 Å². The van der Waals surface area contributed by atoms with Gasteiger partial charge in [-0.3, -0.25) is 9.69 Å². The largest absolute Gasteiger partial charge is 0.444 e. The van der Waals surface area contributed by atoms with Gasteiger partial charge in [0.1, 0.15) is 6.10 Å². The molecule has 0 radical (unpaired) electrons. The lowest BCUT2D eigenvalue weighted by Gasteiger charge is -2.38. The number of benzene rings is 1. The summed E-state index contributed by atoms with van der Waals surface area (Å²) in [6.07, 6.45) is 6.17. The number of nitrogens with one attached hydrogen (secondary N) is 2. The molecule has 0 aromatic heterocycles. The minimum Gasteiger partial charge on any atom is -0.444 e. The van der Waals surface area contributed by atoms with Crippen molar-refractivity contribution in [3.05, 3.63) is 35.9 Å². The summed E-state index contributed by atoms with van der Waals surface area (Å²) in [6.45, 7) is 2.63. The standard InChI is InChI=1S/C28H41N3O6/c32-25(23(16-20-6-2-1-3-7-20)29-27(34)37-22-10-13-36-19-22)18-31(21-8-4-5-9-21)24-17-28(30-26(24)33)11-14-35-15-12-28/h1-3,6-7,21-25,32H,4-5,8-19H2,(H,29,34)(H,30,33)/t22-,23-,24-,25+/m0/s1. The lowest BCUT2D eigenvalue weighted by Crippen LogP contribution is -2.55. The number of hydrogen-bond acceptors (Lipinski definition) is 7. The highest BCUT2D eigenvalue weighted by Gasteiger charge is 2.49. The highest BCUT2D eigenvalue weighted by Crippen LogP contribution is 2.36. The quantitative estimate of drug-likeness (QED) is 0.462. The van der Waals surface area contributed by atoms with E-state index in [9.17, 15) is 14.7 Å². The van der Waals surface area contributed by atoms with Crippen molar-refractivity contribution in [2.24, 2.45) is 0 Å². The van der Waals surface area contributed by atoms with Crippen LogP contribution in [0, 0.1) is 0 Å². The summed E-state index contributed by atoms with van der Waals surface area (Å²) in [6, 6.07) is 9.25. The van der Waals surface area contributed by atoms with Gasteiger partial charge in [-0.15, -0.1) is 0 Å². The highest BCUT2D eigenvalue weighted by molar-refractivity contribution is 5.85. The van der Waals surface area contributed by atoms with Crippen LogP contribution in [0.2, 0.25) is 0 Å². The Labute approximate surface area is 219 Å². The second kappa shape index (κ2) is 12.1. The molecular weight excluding hydrogens is 474 g/mol. The van der Waals surface area contributed by atoms with Gasteiger partial charge in [-0.25, -0.2) is 4.79 Å². The summed E-state index contributed by atoms with van der Waals surface area (Å²) in [5, 5.41) is 17.8. The Morgan fingerprint density at radius 3 is 2.59 bits per heavy atom. The van der Waals surface area contributed by atoms with Crippen molar-refractivity contribution in [2.75, 3.05) is 33.0 Å². The van der Waals surface area contributed by atoms with Crippen LogP contribution in [0.15, 0.2) is 30.3 Å². The first-order valence-electron chi connectivity index (χ1n) is 13.9. The van der Waals surface area contributed by atoms with Crippen LogP contribution in [0.4, 0.5) is 4.79 Å². The van der Waals surface area contributed by atoms with E-state index < -0.39 is 18.2 Å². The van der Waals surface area contributed by atoms with Gasteiger partial charge in [-0.2, -0.15) is 0 Å². The molecule has 0 bridgehead atoms. The molecule has 204 valence electrons. The Kier molecular flexibility index (Phi) is 8.64. The minimum atomic E-state index is -0.868. The molecule has 1 aromatic rings. The predicted octanol–water partition coefficient (Wildman–Crippen LogP) is 2.16. The van der Waals surface area contributed by atoms with Crippen molar-refractivity contribution >= 4 is 12.0 Å². The Morgan fingerprint density at radius 2 is 1.89 bits per heavy atom. The van der Waals surface area contributed by atoms with Crippen LogP contribution < -0.4 is 10.6 Å².